The number of nitrogen functional groups attached to an aromatic ring is 1. The fraction of sp³-hybridized carbons (Fsp3) is 0.500. The number of rotatable bonds is 4. The van der Waals surface area contributed by atoms with E-state index in [1.165, 1.54) is 0 Å². The Morgan fingerprint density at radius 2 is 2.20 bits per heavy atom. The lowest BCUT2D eigenvalue weighted by atomic mass is 10.1. The molecule has 0 spiro atoms. The number of hydrogen-bond donors (Lipinski definition) is 3. The molecule has 0 saturated carbocycles. The zero-order valence-electron chi connectivity index (χ0n) is 8.87. The van der Waals surface area contributed by atoms with Crippen LogP contribution in [0, 0.1) is 5.92 Å². The van der Waals surface area contributed by atoms with Crippen molar-refractivity contribution in [1.29, 1.82) is 0 Å². The molecular weight excluding hydrogens is 214 g/mol. The Kier molecular flexibility index (Phi) is 4.17. The second kappa shape index (κ2) is 5.19. The van der Waals surface area contributed by atoms with E-state index in [1.807, 2.05) is 13.8 Å². The summed E-state index contributed by atoms with van der Waals surface area (Å²) >= 11 is 5.77. The topological polar surface area (TPSA) is 71.2 Å². The minimum atomic E-state index is 0.111. The van der Waals surface area contributed by atoms with Gasteiger partial charge in [0.2, 0.25) is 0 Å². The van der Waals surface area contributed by atoms with Crippen molar-refractivity contribution >= 4 is 23.1 Å². The molecule has 84 valence electrons. The number of pyridine rings is 1. The maximum atomic E-state index is 8.98. The molecule has 5 heteroatoms. The Labute approximate surface area is 94.5 Å². The van der Waals surface area contributed by atoms with E-state index in [0.717, 1.165) is 0 Å². The van der Waals surface area contributed by atoms with Crippen LogP contribution in [-0.4, -0.2) is 22.7 Å². The van der Waals surface area contributed by atoms with Gasteiger partial charge in [-0.05, 0) is 18.9 Å². The predicted octanol–water partition coefficient (Wildman–Crippen LogP) is 1.75. The zero-order chi connectivity index (χ0) is 11.4. The molecule has 15 heavy (non-hydrogen) atoms. The lowest BCUT2D eigenvalue weighted by Gasteiger charge is -2.20. The summed E-state index contributed by atoms with van der Waals surface area (Å²) in [6.45, 7) is 4.05. The lowest BCUT2D eigenvalue weighted by molar-refractivity contribution is 0.226. The third kappa shape index (κ3) is 3.57. The molecule has 2 unspecified atom stereocenters. The van der Waals surface area contributed by atoms with E-state index in [0.29, 0.717) is 16.7 Å². The third-order valence-corrected chi connectivity index (χ3v) is 2.53. The molecule has 0 aromatic carbocycles. The lowest BCUT2D eigenvalue weighted by Crippen LogP contribution is -2.26. The molecular formula is C10H16ClN3O. The molecule has 0 bridgehead atoms. The number of aliphatic hydroxyl groups is 1. The first kappa shape index (κ1) is 12.1. The van der Waals surface area contributed by atoms with Crippen LogP contribution in [0.25, 0.3) is 0 Å². The van der Waals surface area contributed by atoms with Crippen LogP contribution in [0.3, 0.4) is 0 Å². The van der Waals surface area contributed by atoms with E-state index in [1.54, 1.807) is 12.1 Å². The number of hydrogen-bond acceptors (Lipinski definition) is 4. The minimum Gasteiger partial charge on any atom is -0.399 e. The standard InChI is InChI=1S/C10H16ClN3O/c1-6(5-15)7(2)13-10-4-8(12)3-9(11)14-10/h3-4,6-7,15H,5H2,1-2H3,(H3,12,13,14). The van der Waals surface area contributed by atoms with E-state index in [4.69, 9.17) is 22.4 Å². The highest BCUT2D eigenvalue weighted by Gasteiger charge is 2.11. The highest BCUT2D eigenvalue weighted by Crippen LogP contribution is 2.17. The maximum absolute atomic E-state index is 8.98. The molecule has 0 aliphatic heterocycles. The average Bonchev–Trinajstić information content (AvgIpc) is 2.14. The highest BCUT2D eigenvalue weighted by molar-refractivity contribution is 6.29. The highest BCUT2D eigenvalue weighted by atomic mass is 35.5. The molecule has 1 rings (SSSR count). The summed E-state index contributed by atoms with van der Waals surface area (Å²) in [6, 6.07) is 3.42. The molecule has 4 nitrogen and oxygen atoms in total. The zero-order valence-corrected chi connectivity index (χ0v) is 9.62. The van der Waals surface area contributed by atoms with Crippen LogP contribution in [0.5, 0.6) is 0 Å². The van der Waals surface area contributed by atoms with Gasteiger partial charge in [0.25, 0.3) is 0 Å². The fourth-order valence-corrected chi connectivity index (χ4v) is 1.34. The van der Waals surface area contributed by atoms with Crippen molar-refractivity contribution in [2.45, 2.75) is 19.9 Å². The monoisotopic (exact) mass is 229 g/mol. The molecule has 0 saturated heterocycles. The average molecular weight is 230 g/mol. The molecule has 0 amide bonds. The smallest absolute Gasteiger partial charge is 0.133 e. The largest absolute Gasteiger partial charge is 0.399 e. The summed E-state index contributed by atoms with van der Waals surface area (Å²) in [5, 5.41) is 12.5. The normalized spacial score (nSPS) is 14.7. The second-order valence-corrected chi connectivity index (χ2v) is 4.09. The van der Waals surface area contributed by atoms with Crippen LogP contribution in [0.15, 0.2) is 12.1 Å². The van der Waals surface area contributed by atoms with Gasteiger partial charge in [-0.15, -0.1) is 0 Å². The molecule has 0 aliphatic rings. The number of aromatic nitrogens is 1. The van der Waals surface area contributed by atoms with Gasteiger partial charge in [-0.3, -0.25) is 0 Å². The van der Waals surface area contributed by atoms with Gasteiger partial charge in [-0.1, -0.05) is 18.5 Å². The van der Waals surface area contributed by atoms with E-state index >= 15 is 0 Å². The van der Waals surface area contributed by atoms with E-state index < -0.39 is 0 Å². The number of anilines is 2. The fourth-order valence-electron chi connectivity index (χ4n) is 1.12. The van der Waals surface area contributed by atoms with Crippen LogP contribution in [0.2, 0.25) is 5.15 Å². The Morgan fingerprint density at radius 3 is 2.73 bits per heavy atom. The summed E-state index contributed by atoms with van der Waals surface area (Å²) in [7, 11) is 0. The minimum absolute atomic E-state index is 0.111. The van der Waals surface area contributed by atoms with E-state index in [2.05, 4.69) is 10.3 Å². The summed E-state index contributed by atoms with van der Waals surface area (Å²) in [5.74, 6) is 0.778. The van der Waals surface area contributed by atoms with Crippen molar-refractivity contribution in [3.63, 3.8) is 0 Å². The van der Waals surface area contributed by atoms with Crippen molar-refractivity contribution in [2.24, 2.45) is 5.92 Å². The number of nitrogens with two attached hydrogens (primary N) is 1. The molecule has 0 radical (unpaired) electrons. The first-order valence-electron chi connectivity index (χ1n) is 4.83. The van der Waals surface area contributed by atoms with Gasteiger partial charge >= 0.3 is 0 Å². The van der Waals surface area contributed by atoms with Gasteiger partial charge in [0, 0.05) is 24.4 Å². The van der Waals surface area contributed by atoms with Crippen molar-refractivity contribution in [3.05, 3.63) is 17.3 Å². The van der Waals surface area contributed by atoms with Crippen molar-refractivity contribution < 1.29 is 5.11 Å². The van der Waals surface area contributed by atoms with Gasteiger partial charge in [0.1, 0.15) is 11.0 Å². The van der Waals surface area contributed by atoms with Gasteiger partial charge in [0.15, 0.2) is 0 Å². The molecule has 2 atom stereocenters. The van der Waals surface area contributed by atoms with Crippen LogP contribution in [0.1, 0.15) is 13.8 Å². The molecule has 0 aliphatic carbocycles. The van der Waals surface area contributed by atoms with Crippen LogP contribution in [0.4, 0.5) is 11.5 Å². The molecule has 0 fully saturated rings. The number of nitrogens with one attached hydrogen (secondary N) is 1. The first-order valence-corrected chi connectivity index (χ1v) is 5.21. The SMILES string of the molecule is CC(CO)C(C)Nc1cc(N)cc(Cl)n1. The van der Waals surface area contributed by atoms with Crippen LogP contribution >= 0.6 is 11.6 Å². The van der Waals surface area contributed by atoms with Gasteiger partial charge < -0.3 is 16.2 Å². The van der Waals surface area contributed by atoms with Crippen molar-refractivity contribution in [2.75, 3.05) is 17.7 Å². The van der Waals surface area contributed by atoms with Gasteiger partial charge in [-0.2, -0.15) is 0 Å². The van der Waals surface area contributed by atoms with Gasteiger partial charge in [0.05, 0.1) is 0 Å². The van der Waals surface area contributed by atoms with Gasteiger partial charge in [-0.25, -0.2) is 4.98 Å². The first-order chi connectivity index (χ1) is 7.02. The molecule has 1 aromatic heterocycles. The molecule has 4 N–H and O–H groups in total. The number of halogens is 1. The summed E-state index contributed by atoms with van der Waals surface area (Å²) in [4.78, 5) is 4.08. The number of nitrogens with zero attached hydrogens (tertiary/aromatic N) is 1. The quantitative estimate of drug-likeness (QED) is 0.688. The molecule has 1 aromatic rings. The van der Waals surface area contributed by atoms with E-state index in [-0.39, 0.29) is 18.6 Å². The third-order valence-electron chi connectivity index (χ3n) is 2.33. The van der Waals surface area contributed by atoms with Crippen molar-refractivity contribution in [3.8, 4) is 0 Å². The Balaban J connectivity index is 2.72. The Bertz CT molecular complexity index is 312. The Hall–Kier alpha value is -1.00. The predicted molar refractivity (Wildman–Crippen MR) is 63.0 cm³/mol. The summed E-state index contributed by atoms with van der Waals surface area (Å²) < 4.78 is 0. The molecule has 1 heterocycles. The van der Waals surface area contributed by atoms with Crippen LogP contribution in [-0.2, 0) is 0 Å². The summed E-state index contributed by atoms with van der Waals surface area (Å²) in [5.41, 5.74) is 6.20. The second-order valence-electron chi connectivity index (χ2n) is 3.70. The number of aliphatic hydroxyl groups excluding tert-OH is 1. The van der Waals surface area contributed by atoms with Crippen LogP contribution < -0.4 is 11.1 Å². The summed E-state index contributed by atoms with van der Waals surface area (Å²) in [6.07, 6.45) is 0. The van der Waals surface area contributed by atoms with E-state index in [9.17, 15) is 0 Å². The van der Waals surface area contributed by atoms with Crippen molar-refractivity contribution in [1.82, 2.24) is 4.98 Å². The maximum Gasteiger partial charge on any atom is 0.133 e. The Morgan fingerprint density at radius 1 is 1.53 bits per heavy atom.